The van der Waals surface area contributed by atoms with Crippen molar-refractivity contribution in [1.29, 1.82) is 0 Å². The van der Waals surface area contributed by atoms with Gasteiger partial charge < -0.3 is 0 Å². The Kier molecular flexibility index (Phi) is 23.1. The molecule has 4 saturated heterocycles. The summed E-state index contributed by atoms with van der Waals surface area (Å²) in [5.74, 6) is 29.9. The molecule has 31 atom stereocenters. The smallest absolute Gasteiger partial charge is 0.156 e. The summed E-state index contributed by atoms with van der Waals surface area (Å²) in [6, 6.07) is 10.4. The largest absolute Gasteiger partial charge is 0.295 e. The number of likely N-dealkylation sites (tertiary alicyclic amines) is 2. The summed E-state index contributed by atoms with van der Waals surface area (Å²) >= 11 is 0. The van der Waals surface area contributed by atoms with Crippen molar-refractivity contribution in [3.63, 3.8) is 0 Å². The maximum atomic E-state index is 4.15. The highest BCUT2D eigenvalue weighted by atomic mass is 15.3. The molecule has 0 aromatic heterocycles. The average Bonchev–Trinajstić information content (AvgIpc) is 1.19. The lowest BCUT2D eigenvalue weighted by Gasteiger charge is -2.73. The van der Waals surface area contributed by atoms with Crippen LogP contribution in [0, 0.1) is 154 Å². The quantitative estimate of drug-likeness (QED) is 0.191. The average molecular weight is 1570 g/mol. The van der Waals surface area contributed by atoms with Crippen molar-refractivity contribution >= 4 is 6.71 Å². The minimum atomic E-state index is 0.815. The maximum absolute atomic E-state index is 4.15. The Balaban J connectivity index is 0.701. The molecule has 4 aliphatic heterocycles. The first-order chi connectivity index (χ1) is 57.1. The van der Waals surface area contributed by atoms with Crippen molar-refractivity contribution in [1.82, 2.24) is 19.6 Å². The highest BCUT2D eigenvalue weighted by molar-refractivity contribution is 6.65. The van der Waals surface area contributed by atoms with Gasteiger partial charge in [-0.25, -0.2) is 0 Å². The Hall–Kier alpha value is -0.0951. The molecule has 115 heavy (non-hydrogen) atoms. The fourth-order valence-corrected chi connectivity index (χ4v) is 43.7. The van der Waals surface area contributed by atoms with Crippen molar-refractivity contribution in [2.45, 2.75) is 533 Å². The number of rotatable bonds is 11. The molecule has 4 nitrogen and oxygen atoms in total. The highest BCUT2D eigenvalue weighted by Gasteiger charge is 2.71. The first kappa shape index (κ1) is 78.4. The number of nitrogens with zero attached hydrogens (tertiary/aromatic N) is 4. The van der Waals surface area contributed by atoms with E-state index in [1.165, 1.54) is 0 Å². The number of fused-ring (bicyclic) bond motifs is 12. The third-order valence-electron chi connectivity index (χ3n) is 47.0. The van der Waals surface area contributed by atoms with E-state index in [2.05, 4.69) is 19.6 Å². The van der Waals surface area contributed by atoms with Crippen LogP contribution in [0.2, 0.25) is 17.5 Å². The summed E-state index contributed by atoms with van der Waals surface area (Å²) < 4.78 is 0. The van der Waals surface area contributed by atoms with E-state index in [0.29, 0.717) is 0 Å². The molecule has 642 valence electrons. The fourth-order valence-electron chi connectivity index (χ4n) is 43.7. The maximum Gasteiger partial charge on any atom is 0.156 e. The first-order valence-corrected chi connectivity index (χ1v) is 56.2. The SMILES string of the molecule is C1CCC(C2CC(C3CCCCC3)C(N3C4CC(C5CC6CCCC7C8CCCC9CCCC(C(C5)C67)C98)CCC4B4C5CCC(N6C7CCCCC7C7CCCCC76)CC5N(C5C(C6CCCCC6)CC(C6CCCCC6)CC5C5CCCCC5)C5CC(N6C7CCCCC7C7CCCCC76)CC3C45)C(C3CCCCC3)C2)CC1. The van der Waals surface area contributed by atoms with Crippen LogP contribution in [-0.2, 0) is 0 Å². The Labute approximate surface area is 708 Å². The topological polar surface area (TPSA) is 13.0 Å². The fraction of sp³-hybridized carbons (Fsp3) is 1.00. The highest BCUT2D eigenvalue weighted by Crippen LogP contribution is 2.72. The molecule has 0 aromatic rings. The summed E-state index contributed by atoms with van der Waals surface area (Å²) in [5, 5.41) is 0. The van der Waals surface area contributed by atoms with E-state index in [1.54, 1.807) is 443 Å². The summed E-state index contributed by atoms with van der Waals surface area (Å²) in [4.78, 5) is 15.7. The van der Waals surface area contributed by atoms with Crippen LogP contribution >= 0.6 is 0 Å². The van der Waals surface area contributed by atoms with E-state index in [1.807, 2.05) is 0 Å². The van der Waals surface area contributed by atoms with E-state index in [0.717, 1.165) is 251 Å². The predicted octanol–water partition coefficient (Wildman–Crippen LogP) is 28.5. The van der Waals surface area contributed by atoms with Crippen LogP contribution in [0.1, 0.15) is 443 Å². The van der Waals surface area contributed by atoms with E-state index in [-0.39, 0.29) is 0 Å². The molecule has 4 heterocycles. The van der Waals surface area contributed by atoms with Crippen molar-refractivity contribution in [2.24, 2.45) is 154 Å². The van der Waals surface area contributed by atoms with Gasteiger partial charge in [0.05, 0.1) is 0 Å². The summed E-state index contributed by atoms with van der Waals surface area (Å²) in [6.07, 6.45) is 111. The number of hydrogen-bond donors (Lipinski definition) is 0. The third kappa shape index (κ3) is 13.9. The summed E-state index contributed by atoms with van der Waals surface area (Å²) in [7, 11) is 0. The van der Waals surface area contributed by atoms with Crippen LogP contribution in [0.4, 0.5) is 0 Å². The van der Waals surface area contributed by atoms with Gasteiger partial charge in [0.2, 0.25) is 0 Å². The Morgan fingerprint density at radius 3 is 0.878 bits per heavy atom. The summed E-state index contributed by atoms with van der Waals surface area (Å²) in [6.45, 7) is 0.988. The standard InChI is InChI=1S/C110H179BN4/c1-7-30-70(31-8-1)80-61-91(72-34-11-3-12-35-72)109(92(62-80)73-36-13-4-14-37-73)114-102-66-77(79-60-78-44-29-50-89-88-49-27-42-76-43-28-51-90(106(76)88)95(65-79)107(78)89)56-58-96(102)111-97-59-57-82(112-98-52-23-19-45-84(98)85-46-20-24-53-99(85)112)67-103(97)115(105-69-83(68-104(114)108(105)111)113-100-54-25-21-47-86(100)87-48-22-26-55-101(87)113)110-93(74-38-15-5-16-39-74)63-81(71-32-9-2-10-33-71)64-94(110)75-40-17-6-18-41-75/h70-110H,1-69H2. The van der Waals surface area contributed by atoms with Crippen molar-refractivity contribution < 1.29 is 0 Å². The molecule has 5 heteroatoms. The minimum Gasteiger partial charge on any atom is -0.295 e. The molecule has 20 aliphatic carbocycles. The van der Waals surface area contributed by atoms with E-state index < -0.39 is 0 Å². The molecule has 31 unspecified atom stereocenters. The number of hydrogen-bond acceptors (Lipinski definition) is 4. The molecule has 24 rings (SSSR count). The van der Waals surface area contributed by atoms with Crippen molar-refractivity contribution in [2.75, 3.05) is 0 Å². The monoisotopic (exact) mass is 1570 g/mol. The Morgan fingerprint density at radius 2 is 0.452 bits per heavy atom. The molecular formula is C110H179BN4. The minimum absolute atomic E-state index is 0.815. The van der Waals surface area contributed by atoms with Crippen molar-refractivity contribution in [3.8, 4) is 0 Å². The van der Waals surface area contributed by atoms with Gasteiger partial charge in [0.15, 0.2) is 6.71 Å². The zero-order chi connectivity index (χ0) is 75.3. The van der Waals surface area contributed by atoms with Gasteiger partial charge in [0.25, 0.3) is 0 Å². The Morgan fingerprint density at radius 1 is 0.148 bits per heavy atom. The zero-order valence-electron chi connectivity index (χ0n) is 74.8. The van der Waals surface area contributed by atoms with Gasteiger partial charge in [0.1, 0.15) is 0 Å². The lowest BCUT2D eigenvalue weighted by molar-refractivity contribution is -0.157. The molecule has 0 spiro atoms. The molecule has 0 radical (unpaired) electrons. The van der Waals surface area contributed by atoms with E-state index in [9.17, 15) is 0 Å². The van der Waals surface area contributed by atoms with Gasteiger partial charge in [0, 0.05) is 72.5 Å². The molecule has 24 fully saturated rings. The third-order valence-corrected chi connectivity index (χ3v) is 47.0. The second kappa shape index (κ2) is 33.9. The van der Waals surface area contributed by atoms with Crippen LogP contribution in [0.25, 0.3) is 0 Å². The van der Waals surface area contributed by atoms with Crippen LogP contribution in [0.15, 0.2) is 0 Å². The van der Waals surface area contributed by atoms with Crippen molar-refractivity contribution in [3.05, 3.63) is 0 Å². The summed E-state index contributed by atoms with van der Waals surface area (Å²) in [5.41, 5.74) is 0. The van der Waals surface area contributed by atoms with Gasteiger partial charge in [-0.1, -0.05) is 302 Å². The first-order valence-electron chi connectivity index (χ1n) is 56.2. The van der Waals surface area contributed by atoms with Gasteiger partial charge >= 0.3 is 0 Å². The van der Waals surface area contributed by atoms with E-state index in [4.69, 9.17) is 0 Å². The predicted molar refractivity (Wildman–Crippen MR) is 479 cm³/mol. The second-order valence-electron chi connectivity index (χ2n) is 50.6. The van der Waals surface area contributed by atoms with Gasteiger partial charge in [-0.05, 0) is 313 Å². The molecular weight excluding hydrogens is 1390 g/mol. The lowest BCUT2D eigenvalue weighted by Crippen LogP contribution is -2.78. The molecule has 0 amide bonds. The molecule has 24 aliphatic rings. The normalized spacial score (nSPS) is 52.3. The Bertz CT molecular complexity index is 3080. The van der Waals surface area contributed by atoms with Gasteiger partial charge in [-0.2, -0.15) is 0 Å². The van der Waals surface area contributed by atoms with Crippen LogP contribution in [0.5, 0.6) is 0 Å². The van der Waals surface area contributed by atoms with Gasteiger partial charge in [-0.15, -0.1) is 0 Å². The van der Waals surface area contributed by atoms with Gasteiger partial charge in [-0.3, -0.25) is 19.6 Å². The molecule has 0 bridgehead atoms. The zero-order valence-corrected chi connectivity index (χ0v) is 74.8. The second-order valence-corrected chi connectivity index (χ2v) is 50.6. The van der Waals surface area contributed by atoms with E-state index >= 15 is 0 Å². The molecule has 0 N–H and O–H groups in total. The molecule has 0 aromatic carbocycles. The molecule has 20 saturated carbocycles. The lowest BCUT2D eigenvalue weighted by atomic mass is 9.18. The van der Waals surface area contributed by atoms with Crippen LogP contribution in [-0.4, -0.2) is 98.8 Å². The van der Waals surface area contributed by atoms with Crippen LogP contribution in [0.3, 0.4) is 0 Å². The van der Waals surface area contributed by atoms with Crippen LogP contribution < -0.4 is 0 Å².